The van der Waals surface area contributed by atoms with Crippen molar-refractivity contribution in [2.75, 3.05) is 36.8 Å². The summed E-state index contributed by atoms with van der Waals surface area (Å²) >= 11 is 1.17. The highest BCUT2D eigenvalue weighted by Gasteiger charge is 2.28. The van der Waals surface area contributed by atoms with Crippen molar-refractivity contribution < 1.29 is 18.7 Å². The Balaban J connectivity index is 1.65. The van der Waals surface area contributed by atoms with Crippen molar-refractivity contribution in [1.29, 1.82) is 0 Å². The predicted molar refractivity (Wildman–Crippen MR) is 120 cm³/mol. The number of amides is 2. The van der Waals surface area contributed by atoms with Gasteiger partial charge in [-0.2, -0.15) is 0 Å². The van der Waals surface area contributed by atoms with Crippen LogP contribution < -0.4 is 16.4 Å². The molecule has 0 unspecified atom stereocenters. The van der Waals surface area contributed by atoms with Gasteiger partial charge in [0.15, 0.2) is 0 Å². The molecule has 0 spiro atoms. The second-order valence-corrected chi connectivity index (χ2v) is 9.35. The number of nitrogens with two attached hydrogens (primary N) is 2. The Kier molecular flexibility index (Phi) is 5.26. The Bertz CT molecular complexity index is 1130. The first kappa shape index (κ1) is 21.0. The number of hydrogen-bond acceptors (Lipinski definition) is 8. The zero-order valence-corrected chi connectivity index (χ0v) is 18.5. The molecule has 4 N–H and O–H groups in total. The number of piperazine rings is 1. The van der Waals surface area contributed by atoms with Gasteiger partial charge in [0, 0.05) is 37.1 Å². The van der Waals surface area contributed by atoms with Crippen LogP contribution in [-0.4, -0.2) is 53.7 Å². The molecule has 3 aromatic rings. The third-order valence-corrected chi connectivity index (χ3v) is 6.07. The smallest absolute Gasteiger partial charge is 0.410 e. The van der Waals surface area contributed by atoms with E-state index in [1.807, 2.05) is 32.9 Å². The maximum absolute atomic E-state index is 12.3. The average molecular weight is 444 g/mol. The molecule has 0 bridgehead atoms. The van der Waals surface area contributed by atoms with Crippen molar-refractivity contribution in [2.24, 2.45) is 5.73 Å². The molecule has 2 amide bonds. The number of primary amides is 1. The van der Waals surface area contributed by atoms with Gasteiger partial charge in [0.25, 0.3) is 5.91 Å². The van der Waals surface area contributed by atoms with E-state index in [2.05, 4.69) is 4.90 Å². The van der Waals surface area contributed by atoms with Gasteiger partial charge in [0.05, 0.1) is 12.0 Å². The number of nitrogen functional groups attached to an aromatic ring is 1. The first-order chi connectivity index (χ1) is 14.6. The highest BCUT2D eigenvalue weighted by Crippen LogP contribution is 2.41. The highest BCUT2D eigenvalue weighted by molar-refractivity contribution is 7.21. The minimum Gasteiger partial charge on any atom is -0.464 e. The van der Waals surface area contributed by atoms with Crippen LogP contribution in [-0.2, 0) is 4.74 Å². The van der Waals surface area contributed by atoms with E-state index in [1.165, 1.54) is 11.3 Å². The SMILES string of the molecule is CC(C)(C)OC(=O)N1CCN(c2cc(-c3ccco3)c3c(N)c(C(N)=O)sc3n2)CC1. The van der Waals surface area contributed by atoms with Crippen molar-refractivity contribution in [3.8, 4) is 11.3 Å². The second-order valence-electron chi connectivity index (χ2n) is 8.35. The molecule has 164 valence electrons. The monoisotopic (exact) mass is 443 g/mol. The van der Waals surface area contributed by atoms with Gasteiger partial charge in [-0.15, -0.1) is 11.3 Å². The number of pyridine rings is 1. The number of rotatable bonds is 3. The molecule has 1 aliphatic heterocycles. The molecular formula is C21H25N5O4S. The molecule has 0 atom stereocenters. The number of fused-ring (bicyclic) bond motifs is 1. The van der Waals surface area contributed by atoms with Crippen LogP contribution >= 0.6 is 11.3 Å². The lowest BCUT2D eigenvalue weighted by Crippen LogP contribution is -2.50. The summed E-state index contributed by atoms with van der Waals surface area (Å²) in [5.41, 5.74) is 12.3. The summed E-state index contributed by atoms with van der Waals surface area (Å²) in [6.45, 7) is 7.78. The van der Waals surface area contributed by atoms with Crippen LogP contribution in [0, 0.1) is 0 Å². The van der Waals surface area contributed by atoms with Gasteiger partial charge < -0.3 is 30.4 Å². The van der Waals surface area contributed by atoms with Gasteiger partial charge in [-0.3, -0.25) is 4.79 Å². The van der Waals surface area contributed by atoms with Crippen LogP contribution in [0.3, 0.4) is 0 Å². The molecule has 4 rings (SSSR count). The van der Waals surface area contributed by atoms with Crippen LogP contribution in [0.2, 0.25) is 0 Å². The minimum atomic E-state index is -0.585. The van der Waals surface area contributed by atoms with Crippen LogP contribution in [0.4, 0.5) is 16.3 Å². The van der Waals surface area contributed by atoms with Crippen LogP contribution in [0.15, 0.2) is 28.9 Å². The van der Waals surface area contributed by atoms with E-state index in [9.17, 15) is 9.59 Å². The Hall–Kier alpha value is -3.27. The maximum Gasteiger partial charge on any atom is 0.410 e. The number of carbonyl (C=O) groups excluding carboxylic acids is 2. The standard InChI is InChI=1S/C21H25N5O4S/c1-21(2,3)30-20(28)26-8-6-25(7-9-26)14-11-12(13-5-4-10-29-13)15-16(22)17(18(23)27)31-19(15)24-14/h4-5,10-11H,6-9,22H2,1-3H3,(H2,23,27). The summed E-state index contributed by atoms with van der Waals surface area (Å²) in [6, 6.07) is 5.52. The summed E-state index contributed by atoms with van der Waals surface area (Å²) in [7, 11) is 0. The summed E-state index contributed by atoms with van der Waals surface area (Å²) in [5.74, 6) is 0.764. The Morgan fingerprint density at radius 3 is 2.52 bits per heavy atom. The van der Waals surface area contributed by atoms with E-state index in [0.29, 0.717) is 47.8 Å². The fourth-order valence-electron chi connectivity index (χ4n) is 3.52. The zero-order chi connectivity index (χ0) is 22.3. The van der Waals surface area contributed by atoms with Gasteiger partial charge in [0.1, 0.15) is 26.9 Å². The van der Waals surface area contributed by atoms with Crippen LogP contribution in [0.25, 0.3) is 21.5 Å². The first-order valence-corrected chi connectivity index (χ1v) is 10.8. The number of carbonyl (C=O) groups is 2. The molecule has 0 aromatic carbocycles. The number of ether oxygens (including phenoxy) is 1. The second kappa shape index (κ2) is 7.77. The van der Waals surface area contributed by atoms with E-state index >= 15 is 0 Å². The number of furan rings is 1. The lowest BCUT2D eigenvalue weighted by Gasteiger charge is -2.36. The molecule has 0 radical (unpaired) electrons. The van der Waals surface area contributed by atoms with E-state index in [1.54, 1.807) is 17.2 Å². The van der Waals surface area contributed by atoms with Crippen molar-refractivity contribution in [2.45, 2.75) is 26.4 Å². The summed E-state index contributed by atoms with van der Waals surface area (Å²) < 4.78 is 11.1. The molecule has 3 aromatic heterocycles. The number of nitrogens with zero attached hydrogens (tertiary/aromatic N) is 3. The van der Waals surface area contributed by atoms with Gasteiger partial charge in [-0.1, -0.05) is 0 Å². The molecule has 1 aliphatic rings. The number of hydrogen-bond donors (Lipinski definition) is 2. The first-order valence-electron chi connectivity index (χ1n) is 9.93. The average Bonchev–Trinajstić information content (AvgIpc) is 3.35. The zero-order valence-electron chi connectivity index (χ0n) is 17.7. The Labute approximate surface area is 183 Å². The fraction of sp³-hybridized carbons (Fsp3) is 0.381. The van der Waals surface area contributed by atoms with Crippen molar-refractivity contribution >= 4 is 45.1 Å². The molecule has 4 heterocycles. The number of aromatic nitrogens is 1. The van der Waals surface area contributed by atoms with E-state index in [4.69, 9.17) is 25.6 Å². The molecule has 0 aliphatic carbocycles. The number of thiophene rings is 1. The largest absolute Gasteiger partial charge is 0.464 e. The highest BCUT2D eigenvalue weighted by atomic mass is 32.1. The lowest BCUT2D eigenvalue weighted by atomic mass is 10.1. The van der Waals surface area contributed by atoms with E-state index < -0.39 is 11.5 Å². The molecule has 1 fully saturated rings. The van der Waals surface area contributed by atoms with Gasteiger partial charge >= 0.3 is 6.09 Å². The predicted octanol–water partition coefficient (Wildman–Crippen LogP) is 3.29. The molecule has 1 saturated heterocycles. The summed E-state index contributed by atoms with van der Waals surface area (Å²) in [6.07, 6.45) is 1.27. The van der Waals surface area contributed by atoms with Crippen LogP contribution in [0.5, 0.6) is 0 Å². The molecular weight excluding hydrogens is 418 g/mol. The van der Waals surface area contributed by atoms with Crippen molar-refractivity contribution in [3.63, 3.8) is 0 Å². The van der Waals surface area contributed by atoms with Gasteiger partial charge in [0.2, 0.25) is 0 Å². The Morgan fingerprint density at radius 1 is 1.23 bits per heavy atom. The van der Waals surface area contributed by atoms with E-state index in [-0.39, 0.29) is 11.0 Å². The lowest BCUT2D eigenvalue weighted by molar-refractivity contribution is 0.0240. The summed E-state index contributed by atoms with van der Waals surface area (Å²) in [4.78, 5) is 33.6. The molecule has 9 nitrogen and oxygen atoms in total. The van der Waals surface area contributed by atoms with Gasteiger partial charge in [-0.05, 0) is 39.0 Å². The van der Waals surface area contributed by atoms with Crippen molar-refractivity contribution in [1.82, 2.24) is 9.88 Å². The number of anilines is 2. The molecule has 0 saturated carbocycles. The normalized spacial score (nSPS) is 14.8. The summed E-state index contributed by atoms with van der Waals surface area (Å²) in [5, 5.41) is 0.657. The van der Waals surface area contributed by atoms with Gasteiger partial charge in [-0.25, -0.2) is 9.78 Å². The fourth-order valence-corrected chi connectivity index (χ4v) is 4.49. The topological polar surface area (TPSA) is 128 Å². The van der Waals surface area contributed by atoms with Crippen LogP contribution in [0.1, 0.15) is 30.4 Å². The van der Waals surface area contributed by atoms with Crippen molar-refractivity contribution in [3.05, 3.63) is 29.3 Å². The quantitative estimate of drug-likeness (QED) is 0.635. The third-order valence-electron chi connectivity index (χ3n) is 4.95. The molecule has 31 heavy (non-hydrogen) atoms. The maximum atomic E-state index is 12.3. The van der Waals surface area contributed by atoms with E-state index in [0.717, 1.165) is 11.4 Å². The molecule has 10 heteroatoms. The minimum absolute atomic E-state index is 0.280. The third kappa shape index (κ3) is 4.15. The Morgan fingerprint density at radius 2 is 1.94 bits per heavy atom.